The molecule has 3 rings (SSSR count). The van der Waals surface area contributed by atoms with Crippen molar-refractivity contribution >= 4 is 57.5 Å². The fourth-order valence-corrected chi connectivity index (χ4v) is 3.76. The van der Waals surface area contributed by atoms with Gasteiger partial charge in [0.05, 0.1) is 18.2 Å². The molecule has 1 amide bonds. The summed E-state index contributed by atoms with van der Waals surface area (Å²) in [6.45, 7) is 2.50. The van der Waals surface area contributed by atoms with E-state index in [0.717, 1.165) is 34.5 Å². The molecule has 2 saturated heterocycles. The number of guanidine groups is 1. The Morgan fingerprint density at radius 2 is 2.19 bits per heavy atom. The number of anilines is 1. The van der Waals surface area contributed by atoms with Crippen molar-refractivity contribution in [2.45, 2.75) is 50.9 Å². The molecule has 144 valence electrons. The van der Waals surface area contributed by atoms with Crippen LogP contribution in [-0.4, -0.2) is 43.7 Å². The summed E-state index contributed by atoms with van der Waals surface area (Å²) >= 11 is 3.42. The molecule has 2 aliphatic rings. The number of carbonyl (C=O) groups is 1. The van der Waals surface area contributed by atoms with Crippen molar-refractivity contribution in [2.75, 3.05) is 18.9 Å². The van der Waals surface area contributed by atoms with Crippen LogP contribution in [0.1, 0.15) is 31.2 Å². The van der Waals surface area contributed by atoms with Gasteiger partial charge in [-0.2, -0.15) is 0 Å². The lowest BCUT2D eigenvalue weighted by Gasteiger charge is -2.22. The molecule has 0 aliphatic carbocycles. The number of hydrogen-bond acceptors (Lipinski definition) is 3. The van der Waals surface area contributed by atoms with E-state index in [0.29, 0.717) is 31.2 Å². The highest BCUT2D eigenvalue weighted by atomic mass is 127. The Hall–Kier alpha value is -0.870. The largest absolute Gasteiger partial charge is 0.373 e. The zero-order chi connectivity index (χ0) is 17.8. The molecule has 2 heterocycles. The van der Waals surface area contributed by atoms with Crippen LogP contribution >= 0.6 is 39.9 Å². The van der Waals surface area contributed by atoms with Crippen LogP contribution in [0.3, 0.4) is 0 Å². The molecule has 26 heavy (non-hydrogen) atoms. The minimum Gasteiger partial charge on any atom is -0.373 e. The predicted octanol–water partition coefficient (Wildman–Crippen LogP) is 3.19. The van der Waals surface area contributed by atoms with Crippen LogP contribution in [0.25, 0.3) is 0 Å². The van der Waals surface area contributed by atoms with Gasteiger partial charge in [0.15, 0.2) is 5.96 Å². The van der Waals surface area contributed by atoms with Gasteiger partial charge in [-0.25, -0.2) is 0 Å². The standard InChI is InChI=1S/C18H25BrN4O2.HI/c1-11-3-4-12(19)9-14(11)22-17(24)7-8-21-18(20-2)23-15-10-13-5-6-16(15)25-13;/h3-4,9,13,15-16H,5-8,10H2,1-2H3,(H,22,24)(H2,20,21,23);1H. The Balaban J connectivity index is 0.00000243. The number of benzene rings is 1. The van der Waals surface area contributed by atoms with Gasteiger partial charge < -0.3 is 20.7 Å². The predicted molar refractivity (Wildman–Crippen MR) is 118 cm³/mol. The molecule has 0 aromatic heterocycles. The average molecular weight is 537 g/mol. The number of amides is 1. The smallest absolute Gasteiger partial charge is 0.226 e. The molecule has 0 saturated carbocycles. The summed E-state index contributed by atoms with van der Waals surface area (Å²) in [5, 5.41) is 9.57. The van der Waals surface area contributed by atoms with Crippen molar-refractivity contribution in [3.63, 3.8) is 0 Å². The average Bonchev–Trinajstić information content (AvgIpc) is 3.20. The lowest BCUT2D eigenvalue weighted by molar-refractivity contribution is -0.116. The summed E-state index contributed by atoms with van der Waals surface area (Å²) < 4.78 is 6.80. The first-order valence-corrected chi connectivity index (χ1v) is 9.53. The molecule has 2 fully saturated rings. The topological polar surface area (TPSA) is 74.8 Å². The van der Waals surface area contributed by atoms with Crippen molar-refractivity contribution < 1.29 is 9.53 Å². The van der Waals surface area contributed by atoms with Gasteiger partial charge in [-0.15, -0.1) is 24.0 Å². The van der Waals surface area contributed by atoms with Gasteiger partial charge in [0, 0.05) is 30.2 Å². The molecule has 0 spiro atoms. The molecule has 8 heteroatoms. The molecule has 3 unspecified atom stereocenters. The van der Waals surface area contributed by atoms with Crippen molar-refractivity contribution in [3.8, 4) is 0 Å². The van der Waals surface area contributed by atoms with Crippen LogP contribution in [-0.2, 0) is 9.53 Å². The van der Waals surface area contributed by atoms with E-state index in [1.807, 2.05) is 25.1 Å². The molecule has 1 aromatic carbocycles. The summed E-state index contributed by atoms with van der Waals surface area (Å²) in [5.41, 5.74) is 1.87. The zero-order valence-corrected chi connectivity index (χ0v) is 19.0. The highest BCUT2D eigenvalue weighted by Gasteiger charge is 2.41. The van der Waals surface area contributed by atoms with Gasteiger partial charge in [-0.1, -0.05) is 22.0 Å². The minimum atomic E-state index is -0.0209. The number of fused-ring (bicyclic) bond motifs is 2. The van der Waals surface area contributed by atoms with Gasteiger partial charge in [-0.3, -0.25) is 9.79 Å². The number of aryl methyl sites for hydroxylation is 1. The third-order valence-electron chi connectivity index (χ3n) is 4.77. The van der Waals surface area contributed by atoms with E-state index in [-0.39, 0.29) is 29.9 Å². The number of halogens is 2. The quantitative estimate of drug-likeness (QED) is 0.307. The SMILES string of the molecule is CN=C(NCCC(=O)Nc1cc(Br)ccc1C)NC1CC2CCC1O2.I. The first-order chi connectivity index (χ1) is 12.0. The van der Waals surface area contributed by atoms with Crippen LogP contribution in [0.15, 0.2) is 27.7 Å². The maximum atomic E-state index is 12.1. The van der Waals surface area contributed by atoms with E-state index >= 15 is 0 Å². The number of nitrogens with one attached hydrogen (secondary N) is 3. The normalized spacial score (nSPS) is 24.1. The molecular formula is C18H26BrIN4O2. The number of carbonyl (C=O) groups excluding carboxylic acids is 1. The number of hydrogen-bond donors (Lipinski definition) is 3. The van der Waals surface area contributed by atoms with Crippen molar-refractivity contribution in [1.29, 1.82) is 0 Å². The summed E-state index contributed by atoms with van der Waals surface area (Å²) in [6.07, 6.45) is 4.40. The number of ether oxygens (including phenoxy) is 1. The van der Waals surface area contributed by atoms with E-state index in [1.54, 1.807) is 7.05 Å². The molecule has 3 N–H and O–H groups in total. The van der Waals surface area contributed by atoms with Gasteiger partial charge in [-0.05, 0) is 43.9 Å². The lowest BCUT2D eigenvalue weighted by Crippen LogP contribution is -2.47. The Kier molecular flexibility index (Phi) is 8.15. The number of nitrogens with zero attached hydrogens (tertiary/aromatic N) is 1. The van der Waals surface area contributed by atoms with E-state index in [1.165, 1.54) is 6.42 Å². The Morgan fingerprint density at radius 3 is 2.85 bits per heavy atom. The molecule has 0 radical (unpaired) electrons. The third kappa shape index (κ3) is 5.56. The lowest BCUT2D eigenvalue weighted by atomic mass is 9.96. The monoisotopic (exact) mass is 536 g/mol. The maximum Gasteiger partial charge on any atom is 0.226 e. The first-order valence-electron chi connectivity index (χ1n) is 8.74. The number of aliphatic imine (C=N–C) groups is 1. The fourth-order valence-electron chi connectivity index (χ4n) is 3.40. The summed E-state index contributed by atoms with van der Waals surface area (Å²) in [4.78, 5) is 16.4. The van der Waals surface area contributed by atoms with E-state index in [2.05, 4.69) is 36.9 Å². The van der Waals surface area contributed by atoms with Gasteiger partial charge in [0.1, 0.15) is 0 Å². The van der Waals surface area contributed by atoms with Gasteiger partial charge in [0.2, 0.25) is 5.91 Å². The van der Waals surface area contributed by atoms with Crippen LogP contribution in [0.4, 0.5) is 5.69 Å². The maximum absolute atomic E-state index is 12.1. The van der Waals surface area contributed by atoms with E-state index in [4.69, 9.17) is 4.74 Å². The Morgan fingerprint density at radius 1 is 1.38 bits per heavy atom. The fraction of sp³-hybridized carbons (Fsp3) is 0.556. The minimum absolute atomic E-state index is 0. The van der Waals surface area contributed by atoms with E-state index < -0.39 is 0 Å². The molecule has 2 bridgehead atoms. The molecular weight excluding hydrogens is 511 g/mol. The molecule has 6 nitrogen and oxygen atoms in total. The summed E-state index contributed by atoms with van der Waals surface area (Å²) in [7, 11) is 1.74. The second-order valence-electron chi connectivity index (χ2n) is 6.62. The third-order valence-corrected chi connectivity index (χ3v) is 5.26. The molecule has 3 atom stereocenters. The first kappa shape index (κ1) is 21.4. The van der Waals surface area contributed by atoms with Gasteiger partial charge in [0.25, 0.3) is 0 Å². The molecule has 2 aliphatic heterocycles. The summed E-state index contributed by atoms with van der Waals surface area (Å²) in [5.74, 6) is 0.708. The van der Waals surface area contributed by atoms with Crippen molar-refractivity contribution in [2.24, 2.45) is 4.99 Å². The molecule has 1 aromatic rings. The summed E-state index contributed by atoms with van der Waals surface area (Å²) in [6, 6.07) is 6.17. The Bertz CT molecular complexity index is 671. The van der Waals surface area contributed by atoms with Crippen LogP contribution in [0.2, 0.25) is 0 Å². The Labute approximate surface area is 180 Å². The highest BCUT2D eigenvalue weighted by molar-refractivity contribution is 14.0. The highest BCUT2D eigenvalue weighted by Crippen LogP contribution is 2.34. The van der Waals surface area contributed by atoms with Crippen LogP contribution in [0.5, 0.6) is 0 Å². The second-order valence-corrected chi connectivity index (χ2v) is 7.53. The van der Waals surface area contributed by atoms with Crippen LogP contribution < -0.4 is 16.0 Å². The van der Waals surface area contributed by atoms with Crippen molar-refractivity contribution in [3.05, 3.63) is 28.2 Å². The van der Waals surface area contributed by atoms with Crippen molar-refractivity contribution in [1.82, 2.24) is 10.6 Å². The second kappa shape index (κ2) is 9.89. The number of rotatable bonds is 5. The van der Waals surface area contributed by atoms with Crippen LogP contribution in [0, 0.1) is 6.92 Å². The zero-order valence-electron chi connectivity index (χ0n) is 15.0. The van der Waals surface area contributed by atoms with E-state index in [9.17, 15) is 4.79 Å². The van der Waals surface area contributed by atoms with Gasteiger partial charge >= 0.3 is 0 Å².